The van der Waals surface area contributed by atoms with E-state index in [9.17, 15) is 8.42 Å². The summed E-state index contributed by atoms with van der Waals surface area (Å²) in [5.74, 6) is 0.604. The van der Waals surface area contributed by atoms with Crippen molar-refractivity contribution in [2.24, 2.45) is 0 Å². The first-order chi connectivity index (χ1) is 12.1. The quantitative estimate of drug-likeness (QED) is 0.693. The molecular weight excluding hydrogens is 342 g/mol. The number of sulfone groups is 1. The second kappa shape index (κ2) is 7.35. The summed E-state index contributed by atoms with van der Waals surface area (Å²) >= 11 is 0. The molecule has 0 radical (unpaired) electrons. The minimum Gasteiger partial charge on any atom is -0.497 e. The Kier molecular flexibility index (Phi) is 4.99. The molecule has 0 atom stereocenters. The summed E-state index contributed by atoms with van der Waals surface area (Å²) in [4.78, 5) is 0. The summed E-state index contributed by atoms with van der Waals surface area (Å²) in [5.41, 5.74) is 1.67. The summed E-state index contributed by atoms with van der Waals surface area (Å²) in [6.07, 6.45) is 0. The highest BCUT2D eigenvalue weighted by Gasteiger charge is 2.25. The van der Waals surface area contributed by atoms with E-state index in [1.54, 1.807) is 43.5 Å². The Balaban J connectivity index is 1.69. The number of rotatable bonds is 7. The first kappa shape index (κ1) is 17.0. The molecule has 0 aliphatic rings. The van der Waals surface area contributed by atoms with E-state index in [2.05, 4.69) is 20.3 Å². The molecule has 0 aliphatic heterocycles. The first-order valence-electron chi connectivity index (χ1n) is 7.59. The van der Waals surface area contributed by atoms with Crippen LogP contribution >= 0.6 is 0 Å². The molecule has 3 rings (SSSR count). The third kappa shape index (κ3) is 3.97. The van der Waals surface area contributed by atoms with Gasteiger partial charge in [0.15, 0.2) is 5.69 Å². The van der Waals surface area contributed by atoms with Gasteiger partial charge in [-0.2, -0.15) is 0 Å². The maximum atomic E-state index is 12.6. The van der Waals surface area contributed by atoms with Gasteiger partial charge in [-0.3, -0.25) is 0 Å². The van der Waals surface area contributed by atoms with Gasteiger partial charge in [-0.25, -0.2) is 13.0 Å². The zero-order chi connectivity index (χ0) is 17.7. The van der Waals surface area contributed by atoms with E-state index >= 15 is 0 Å². The van der Waals surface area contributed by atoms with Gasteiger partial charge >= 0.3 is 0 Å². The predicted octanol–water partition coefficient (Wildman–Crippen LogP) is 2.63. The number of hydrogen-bond acceptors (Lipinski definition) is 7. The van der Waals surface area contributed by atoms with Gasteiger partial charge in [0, 0.05) is 17.8 Å². The van der Waals surface area contributed by atoms with E-state index in [0.717, 1.165) is 11.4 Å². The van der Waals surface area contributed by atoms with Crippen molar-refractivity contribution in [1.29, 1.82) is 0 Å². The van der Waals surface area contributed by atoms with Crippen LogP contribution in [0.5, 0.6) is 5.75 Å². The smallest absolute Gasteiger partial charge is 0.227 e. The van der Waals surface area contributed by atoms with E-state index in [0.29, 0.717) is 5.56 Å². The lowest BCUT2D eigenvalue weighted by Gasteiger charge is -2.07. The Hall–Kier alpha value is -2.87. The number of aromatic nitrogens is 2. The SMILES string of the molecule is COc1ccc(NCCS(=O)(=O)c2nonc2-c2ccccc2)cc1. The van der Waals surface area contributed by atoms with E-state index in [1.807, 2.05) is 18.2 Å². The van der Waals surface area contributed by atoms with Crippen molar-refractivity contribution < 1.29 is 17.8 Å². The maximum absolute atomic E-state index is 12.6. The number of methoxy groups -OCH3 is 1. The summed E-state index contributed by atoms with van der Waals surface area (Å²) in [5, 5.41) is 10.2. The van der Waals surface area contributed by atoms with Crippen LogP contribution in [0.3, 0.4) is 0 Å². The van der Waals surface area contributed by atoms with Crippen molar-refractivity contribution in [3.63, 3.8) is 0 Å². The molecule has 0 bridgehead atoms. The highest BCUT2D eigenvalue weighted by atomic mass is 32.2. The number of nitrogens with one attached hydrogen (secondary N) is 1. The van der Waals surface area contributed by atoms with Gasteiger partial charge < -0.3 is 10.1 Å². The number of nitrogens with zero attached hydrogens (tertiary/aromatic N) is 2. The van der Waals surface area contributed by atoms with E-state index < -0.39 is 9.84 Å². The summed E-state index contributed by atoms with van der Waals surface area (Å²) < 4.78 is 34.9. The van der Waals surface area contributed by atoms with Gasteiger partial charge in [-0.15, -0.1) is 0 Å². The molecule has 130 valence electrons. The number of ether oxygens (including phenoxy) is 1. The number of hydrogen-bond donors (Lipinski definition) is 1. The van der Waals surface area contributed by atoms with E-state index in [-0.39, 0.29) is 23.0 Å². The van der Waals surface area contributed by atoms with Gasteiger partial charge in [-0.1, -0.05) is 30.3 Å². The molecule has 0 saturated heterocycles. The van der Waals surface area contributed by atoms with Crippen molar-refractivity contribution in [2.45, 2.75) is 5.03 Å². The Morgan fingerprint density at radius 3 is 2.44 bits per heavy atom. The van der Waals surface area contributed by atoms with Crippen LogP contribution in [0.15, 0.2) is 64.3 Å². The van der Waals surface area contributed by atoms with Gasteiger partial charge in [0.1, 0.15) is 5.75 Å². The number of anilines is 1. The maximum Gasteiger partial charge on any atom is 0.227 e. The molecule has 3 aromatic rings. The summed E-state index contributed by atoms with van der Waals surface area (Å²) in [7, 11) is -2.04. The zero-order valence-electron chi connectivity index (χ0n) is 13.5. The molecule has 2 aromatic carbocycles. The fourth-order valence-electron chi connectivity index (χ4n) is 2.29. The molecular formula is C17H17N3O4S. The normalized spacial score (nSPS) is 11.2. The molecule has 0 amide bonds. The Morgan fingerprint density at radius 1 is 1.04 bits per heavy atom. The monoisotopic (exact) mass is 359 g/mol. The molecule has 1 N–H and O–H groups in total. The molecule has 0 spiro atoms. The fourth-order valence-corrected chi connectivity index (χ4v) is 3.45. The molecule has 0 unspecified atom stereocenters. The van der Waals surface area contributed by atoms with Crippen LogP contribution in [0.4, 0.5) is 5.69 Å². The Morgan fingerprint density at radius 2 is 1.76 bits per heavy atom. The third-order valence-electron chi connectivity index (χ3n) is 3.59. The molecule has 25 heavy (non-hydrogen) atoms. The molecule has 7 nitrogen and oxygen atoms in total. The van der Waals surface area contributed by atoms with Gasteiger partial charge in [0.2, 0.25) is 14.9 Å². The van der Waals surface area contributed by atoms with E-state index in [4.69, 9.17) is 4.74 Å². The second-order valence-corrected chi connectivity index (χ2v) is 7.28. The standard InChI is InChI=1S/C17H17N3O4S/c1-23-15-9-7-14(8-10-15)18-11-12-25(21,22)17-16(19-24-20-17)13-5-3-2-4-6-13/h2-10,18H,11-12H2,1H3. The summed E-state index contributed by atoms with van der Waals surface area (Å²) in [6.45, 7) is 0.232. The molecule has 1 aromatic heterocycles. The number of benzene rings is 2. The van der Waals surface area contributed by atoms with Crippen molar-refractivity contribution in [3.05, 3.63) is 54.6 Å². The fraction of sp³-hybridized carbons (Fsp3) is 0.176. The van der Waals surface area contributed by atoms with Crippen LogP contribution in [-0.2, 0) is 9.84 Å². The largest absolute Gasteiger partial charge is 0.497 e. The van der Waals surface area contributed by atoms with Crippen molar-refractivity contribution in [3.8, 4) is 17.0 Å². The van der Waals surface area contributed by atoms with Crippen LogP contribution in [-0.4, -0.2) is 38.1 Å². The van der Waals surface area contributed by atoms with Crippen LogP contribution in [0.1, 0.15) is 0 Å². The highest BCUT2D eigenvalue weighted by molar-refractivity contribution is 7.91. The third-order valence-corrected chi connectivity index (χ3v) is 5.19. The molecule has 0 saturated carbocycles. The van der Waals surface area contributed by atoms with E-state index in [1.165, 1.54) is 0 Å². The zero-order valence-corrected chi connectivity index (χ0v) is 14.4. The predicted molar refractivity (Wildman–Crippen MR) is 93.3 cm³/mol. The Labute approximate surface area is 145 Å². The minimum atomic E-state index is -3.63. The molecule has 8 heteroatoms. The van der Waals surface area contributed by atoms with Crippen molar-refractivity contribution in [2.75, 3.05) is 24.7 Å². The average molecular weight is 359 g/mol. The topological polar surface area (TPSA) is 94.3 Å². The Bertz CT molecular complexity index is 922. The van der Waals surface area contributed by atoms with Crippen molar-refractivity contribution in [1.82, 2.24) is 10.3 Å². The van der Waals surface area contributed by atoms with Gasteiger partial charge in [-0.05, 0) is 34.6 Å². The lowest BCUT2D eigenvalue weighted by molar-refractivity contribution is 0.298. The molecule has 1 heterocycles. The minimum absolute atomic E-state index is 0.132. The van der Waals surface area contributed by atoms with Gasteiger partial charge in [0.25, 0.3) is 0 Å². The summed E-state index contributed by atoms with van der Waals surface area (Å²) in [6, 6.07) is 16.2. The van der Waals surface area contributed by atoms with Crippen LogP contribution in [0, 0.1) is 0 Å². The van der Waals surface area contributed by atoms with Crippen LogP contribution in [0.2, 0.25) is 0 Å². The first-order valence-corrected chi connectivity index (χ1v) is 9.24. The highest BCUT2D eigenvalue weighted by Crippen LogP contribution is 2.24. The van der Waals surface area contributed by atoms with Crippen molar-refractivity contribution >= 4 is 15.5 Å². The van der Waals surface area contributed by atoms with Gasteiger partial charge in [0.05, 0.1) is 12.9 Å². The average Bonchev–Trinajstić information content (AvgIpc) is 3.14. The second-order valence-electron chi connectivity index (χ2n) is 5.26. The van der Waals surface area contributed by atoms with Crippen LogP contribution in [0.25, 0.3) is 11.3 Å². The lowest BCUT2D eigenvalue weighted by atomic mass is 10.2. The molecule has 0 aliphatic carbocycles. The van der Waals surface area contributed by atoms with Crippen LogP contribution < -0.4 is 10.1 Å². The lowest BCUT2D eigenvalue weighted by Crippen LogP contribution is -2.17. The molecule has 0 fully saturated rings.